The standard InChI is InChI=1S/C18H21NO3S.3C2H6/c1-12-10-15(17(19-22-4)18(20)21-3)16(11-13(12)2)23-14-8-6-5-7-9-14;3*1-2/h5-9H,10-11H2,1-4H3;3*1-2H3/b19-17+;;;. The Morgan fingerprint density at radius 3 is 1.90 bits per heavy atom. The molecule has 0 saturated carbocycles. The third kappa shape index (κ3) is 9.84. The zero-order valence-corrected chi connectivity index (χ0v) is 20.7. The minimum absolute atomic E-state index is 0.250. The molecule has 0 saturated heterocycles. The summed E-state index contributed by atoms with van der Waals surface area (Å²) in [6.45, 7) is 16.2. The van der Waals surface area contributed by atoms with Crippen LogP contribution in [0.25, 0.3) is 0 Å². The van der Waals surface area contributed by atoms with Gasteiger partial charge in [0.15, 0.2) is 5.71 Å². The Hall–Kier alpha value is -2.01. The molecule has 0 aromatic heterocycles. The number of allylic oxidation sites excluding steroid dienone is 3. The molecule has 0 N–H and O–H groups in total. The molecule has 0 unspecified atom stereocenters. The van der Waals surface area contributed by atoms with Crippen LogP contribution in [0.5, 0.6) is 0 Å². The third-order valence-corrected chi connectivity index (χ3v) is 4.91. The van der Waals surface area contributed by atoms with Crippen molar-refractivity contribution in [1.29, 1.82) is 0 Å². The summed E-state index contributed by atoms with van der Waals surface area (Å²) in [6, 6.07) is 10.1. The molecule has 0 heterocycles. The van der Waals surface area contributed by atoms with Gasteiger partial charge in [0, 0.05) is 16.9 Å². The van der Waals surface area contributed by atoms with Gasteiger partial charge in [-0.1, -0.05) is 87.8 Å². The molecule has 0 aliphatic heterocycles. The van der Waals surface area contributed by atoms with E-state index in [1.54, 1.807) is 11.8 Å². The van der Waals surface area contributed by atoms with Crippen molar-refractivity contribution in [2.75, 3.05) is 14.2 Å². The topological polar surface area (TPSA) is 47.9 Å². The van der Waals surface area contributed by atoms with Gasteiger partial charge in [-0.2, -0.15) is 0 Å². The molecule has 5 heteroatoms. The lowest BCUT2D eigenvalue weighted by atomic mass is 9.90. The van der Waals surface area contributed by atoms with E-state index in [0.29, 0.717) is 6.42 Å². The molecule has 1 aliphatic rings. The number of ether oxygens (including phenoxy) is 1. The van der Waals surface area contributed by atoms with Crippen molar-refractivity contribution in [1.82, 2.24) is 0 Å². The van der Waals surface area contributed by atoms with Crippen molar-refractivity contribution in [3.05, 3.63) is 52.0 Å². The fourth-order valence-corrected chi connectivity index (χ4v) is 3.52. The van der Waals surface area contributed by atoms with Gasteiger partial charge in [0.25, 0.3) is 0 Å². The molecule has 1 aromatic carbocycles. The number of benzene rings is 1. The number of hydrogen-bond acceptors (Lipinski definition) is 5. The summed E-state index contributed by atoms with van der Waals surface area (Å²) < 4.78 is 4.87. The van der Waals surface area contributed by atoms with Crippen molar-refractivity contribution < 1.29 is 14.4 Å². The molecule has 0 atom stereocenters. The van der Waals surface area contributed by atoms with E-state index < -0.39 is 5.97 Å². The Labute approximate surface area is 182 Å². The van der Waals surface area contributed by atoms with Crippen LogP contribution >= 0.6 is 11.8 Å². The Kier molecular flexibility index (Phi) is 18.2. The number of rotatable bonds is 5. The molecule has 0 amide bonds. The number of thioether (sulfide) groups is 1. The maximum absolute atomic E-state index is 12.1. The predicted molar refractivity (Wildman–Crippen MR) is 127 cm³/mol. The average Bonchev–Trinajstić information content (AvgIpc) is 2.79. The first-order valence-corrected chi connectivity index (χ1v) is 11.2. The summed E-state index contributed by atoms with van der Waals surface area (Å²) in [5.41, 5.74) is 3.72. The second-order valence-electron chi connectivity index (χ2n) is 5.35. The largest absolute Gasteiger partial charge is 0.464 e. The second kappa shape index (κ2) is 18.0. The quantitative estimate of drug-likeness (QED) is 0.215. The fraction of sp³-hybridized carbons (Fsp3) is 0.500. The lowest BCUT2D eigenvalue weighted by molar-refractivity contribution is -0.132. The molecule has 4 nitrogen and oxygen atoms in total. The van der Waals surface area contributed by atoms with Crippen LogP contribution < -0.4 is 0 Å². The predicted octanol–water partition coefficient (Wildman–Crippen LogP) is 7.42. The van der Waals surface area contributed by atoms with Gasteiger partial charge in [0.1, 0.15) is 7.11 Å². The fourth-order valence-electron chi connectivity index (χ4n) is 2.36. The lowest BCUT2D eigenvalue weighted by Gasteiger charge is -2.22. The van der Waals surface area contributed by atoms with E-state index in [4.69, 9.17) is 9.57 Å². The van der Waals surface area contributed by atoms with Crippen LogP contribution in [0.15, 0.2) is 62.0 Å². The number of methoxy groups -OCH3 is 1. The van der Waals surface area contributed by atoms with Crippen LogP contribution in [0, 0.1) is 0 Å². The molecular weight excluding hydrogens is 382 g/mol. The highest BCUT2D eigenvalue weighted by atomic mass is 32.2. The van der Waals surface area contributed by atoms with Crippen molar-refractivity contribution in [3.63, 3.8) is 0 Å². The highest BCUT2D eigenvalue weighted by Crippen LogP contribution is 2.40. The molecule has 0 spiro atoms. The van der Waals surface area contributed by atoms with Gasteiger partial charge < -0.3 is 9.57 Å². The molecule has 0 fully saturated rings. The van der Waals surface area contributed by atoms with Crippen LogP contribution in [0.4, 0.5) is 0 Å². The molecule has 1 aromatic rings. The van der Waals surface area contributed by atoms with E-state index in [9.17, 15) is 4.79 Å². The Bertz CT molecular complexity index is 677. The Balaban J connectivity index is 0. The number of carbonyl (C=O) groups is 1. The van der Waals surface area contributed by atoms with Crippen molar-refractivity contribution in [2.24, 2.45) is 5.16 Å². The van der Waals surface area contributed by atoms with Crippen molar-refractivity contribution >= 4 is 23.4 Å². The van der Waals surface area contributed by atoms with E-state index in [0.717, 1.165) is 21.8 Å². The zero-order chi connectivity index (χ0) is 22.8. The first-order valence-electron chi connectivity index (χ1n) is 10.4. The first-order chi connectivity index (χ1) is 14.1. The summed E-state index contributed by atoms with van der Waals surface area (Å²) in [5.74, 6) is -0.472. The molecule has 0 radical (unpaired) electrons. The van der Waals surface area contributed by atoms with Crippen molar-refractivity contribution in [2.45, 2.75) is 73.1 Å². The first kappa shape index (κ1) is 29.2. The van der Waals surface area contributed by atoms with Gasteiger partial charge >= 0.3 is 5.97 Å². The number of carbonyl (C=O) groups excluding carboxylic acids is 1. The summed E-state index contributed by atoms with van der Waals surface area (Å²) in [5, 5.41) is 3.92. The van der Waals surface area contributed by atoms with Crippen LogP contribution in [0.1, 0.15) is 68.2 Å². The van der Waals surface area contributed by atoms with Gasteiger partial charge in [0.05, 0.1) is 7.11 Å². The van der Waals surface area contributed by atoms with Gasteiger partial charge in [0.2, 0.25) is 0 Å². The Morgan fingerprint density at radius 2 is 1.41 bits per heavy atom. The highest BCUT2D eigenvalue weighted by molar-refractivity contribution is 8.03. The molecule has 1 aliphatic carbocycles. The lowest BCUT2D eigenvalue weighted by Crippen LogP contribution is -2.21. The molecule has 164 valence electrons. The van der Waals surface area contributed by atoms with E-state index in [1.807, 2.05) is 59.7 Å². The van der Waals surface area contributed by atoms with Gasteiger partial charge in [-0.05, 0) is 37.3 Å². The number of hydrogen-bond donors (Lipinski definition) is 0. The summed E-state index contributed by atoms with van der Waals surface area (Å²) in [6.07, 6.45) is 1.48. The SMILES string of the molecule is CC.CC.CC.CO/N=C(/C(=O)OC)C1=C(Sc2ccccc2)CC(C)=C(C)C1. The minimum Gasteiger partial charge on any atom is -0.464 e. The zero-order valence-electron chi connectivity index (χ0n) is 19.9. The molecule has 0 bridgehead atoms. The van der Waals surface area contributed by atoms with Gasteiger partial charge in [-0.15, -0.1) is 0 Å². The maximum Gasteiger partial charge on any atom is 0.360 e. The number of esters is 1. The molecular formula is C24H39NO3S. The minimum atomic E-state index is -0.472. The number of nitrogens with zero attached hydrogens (tertiary/aromatic N) is 1. The second-order valence-corrected chi connectivity index (χ2v) is 6.51. The van der Waals surface area contributed by atoms with Gasteiger partial charge in [-0.3, -0.25) is 0 Å². The van der Waals surface area contributed by atoms with Crippen LogP contribution in [-0.4, -0.2) is 25.9 Å². The van der Waals surface area contributed by atoms with Crippen LogP contribution in [-0.2, 0) is 14.4 Å². The van der Waals surface area contributed by atoms with E-state index >= 15 is 0 Å². The van der Waals surface area contributed by atoms with Crippen LogP contribution in [0.2, 0.25) is 0 Å². The monoisotopic (exact) mass is 421 g/mol. The summed E-state index contributed by atoms with van der Waals surface area (Å²) in [4.78, 5) is 19.2. The van der Waals surface area contributed by atoms with E-state index in [2.05, 4.69) is 31.1 Å². The average molecular weight is 422 g/mol. The van der Waals surface area contributed by atoms with Crippen LogP contribution in [0.3, 0.4) is 0 Å². The van der Waals surface area contributed by atoms with Crippen molar-refractivity contribution in [3.8, 4) is 0 Å². The molecule has 2 rings (SSSR count). The smallest absolute Gasteiger partial charge is 0.360 e. The third-order valence-electron chi connectivity index (χ3n) is 3.76. The maximum atomic E-state index is 12.1. The Morgan fingerprint density at radius 1 is 0.897 bits per heavy atom. The summed E-state index contributed by atoms with van der Waals surface area (Å²) in [7, 11) is 2.79. The molecule has 29 heavy (non-hydrogen) atoms. The number of oxime groups is 1. The normalized spacial score (nSPS) is 13.1. The van der Waals surface area contributed by atoms with Gasteiger partial charge in [-0.25, -0.2) is 4.79 Å². The van der Waals surface area contributed by atoms with E-state index in [1.165, 1.54) is 25.4 Å². The van der Waals surface area contributed by atoms with E-state index in [-0.39, 0.29) is 5.71 Å². The highest BCUT2D eigenvalue weighted by Gasteiger charge is 2.26. The summed E-state index contributed by atoms with van der Waals surface area (Å²) >= 11 is 1.66.